The lowest BCUT2D eigenvalue weighted by atomic mass is 9.94. The van der Waals surface area contributed by atoms with Crippen molar-refractivity contribution in [1.29, 1.82) is 0 Å². The van der Waals surface area contributed by atoms with Gasteiger partial charge in [-0.05, 0) is 29.3 Å². The number of benzene rings is 2. The van der Waals surface area contributed by atoms with Gasteiger partial charge >= 0.3 is 11.9 Å². The van der Waals surface area contributed by atoms with Crippen LogP contribution in [0.15, 0.2) is 42.5 Å². The number of phenolic OH excluding ortho intramolecular Hbond substituents is 1. The van der Waals surface area contributed by atoms with Crippen molar-refractivity contribution in [3.05, 3.63) is 64.2 Å². The maximum absolute atomic E-state index is 12.7. The predicted molar refractivity (Wildman–Crippen MR) is 99.9 cm³/mol. The summed E-state index contributed by atoms with van der Waals surface area (Å²) >= 11 is 5.82. The van der Waals surface area contributed by atoms with Gasteiger partial charge in [0, 0.05) is 18.0 Å². The zero-order valence-electron chi connectivity index (χ0n) is 15.1. The van der Waals surface area contributed by atoms with Gasteiger partial charge in [-0.25, -0.2) is 9.59 Å². The first-order valence-corrected chi connectivity index (χ1v) is 8.88. The first-order valence-electron chi connectivity index (χ1n) is 8.50. The van der Waals surface area contributed by atoms with Gasteiger partial charge in [0.25, 0.3) is 5.91 Å². The van der Waals surface area contributed by atoms with Crippen molar-refractivity contribution >= 4 is 29.4 Å². The molecule has 0 fully saturated rings. The van der Waals surface area contributed by atoms with E-state index in [1.165, 1.54) is 30.2 Å². The van der Waals surface area contributed by atoms with Crippen molar-refractivity contribution in [2.24, 2.45) is 0 Å². The van der Waals surface area contributed by atoms with Crippen LogP contribution < -0.4 is 0 Å². The number of esters is 2. The molecule has 146 valence electrons. The predicted octanol–water partition coefficient (Wildman–Crippen LogP) is 2.33. The molecule has 0 saturated heterocycles. The standard InChI is InChI=1S/C20H18ClNO6/c1-27-20(26)16-8-12-4-2-3-5-13(12)10-22(16)18(24)11-28-19(25)15-9-14(21)6-7-17(15)23/h2-7,9,16,23H,8,10-11H2,1H3/t16-/m1/s1. The summed E-state index contributed by atoms with van der Waals surface area (Å²) in [5, 5.41) is 10.0. The molecule has 0 aromatic heterocycles. The van der Waals surface area contributed by atoms with Crippen LogP contribution in [0.25, 0.3) is 0 Å². The molecule has 28 heavy (non-hydrogen) atoms. The number of hydrogen-bond acceptors (Lipinski definition) is 6. The van der Waals surface area contributed by atoms with Crippen molar-refractivity contribution in [2.45, 2.75) is 19.0 Å². The summed E-state index contributed by atoms with van der Waals surface area (Å²) in [4.78, 5) is 38.3. The zero-order valence-corrected chi connectivity index (χ0v) is 15.8. The van der Waals surface area contributed by atoms with E-state index in [1.54, 1.807) is 0 Å². The summed E-state index contributed by atoms with van der Waals surface area (Å²) in [5.74, 6) is -2.28. The van der Waals surface area contributed by atoms with Gasteiger partial charge in [-0.15, -0.1) is 0 Å². The van der Waals surface area contributed by atoms with Crippen molar-refractivity contribution in [3.8, 4) is 5.75 Å². The Hall–Kier alpha value is -3.06. The van der Waals surface area contributed by atoms with Crippen molar-refractivity contribution in [1.82, 2.24) is 4.90 Å². The molecular weight excluding hydrogens is 386 g/mol. The SMILES string of the molecule is COC(=O)[C@H]1Cc2ccccc2CN1C(=O)COC(=O)c1cc(Cl)ccc1O. The second kappa shape index (κ2) is 8.31. The summed E-state index contributed by atoms with van der Waals surface area (Å²) in [6.45, 7) is -0.380. The van der Waals surface area contributed by atoms with E-state index in [0.29, 0.717) is 6.42 Å². The molecule has 8 heteroatoms. The Balaban J connectivity index is 1.73. The monoisotopic (exact) mass is 403 g/mol. The molecule has 0 aliphatic carbocycles. The van der Waals surface area contributed by atoms with E-state index in [2.05, 4.69) is 0 Å². The molecule has 1 atom stereocenters. The maximum atomic E-state index is 12.7. The molecule has 0 bridgehead atoms. The van der Waals surface area contributed by atoms with Gasteiger partial charge < -0.3 is 19.5 Å². The molecule has 7 nitrogen and oxygen atoms in total. The van der Waals surface area contributed by atoms with Crippen molar-refractivity contribution in [2.75, 3.05) is 13.7 Å². The van der Waals surface area contributed by atoms with Gasteiger partial charge in [0.1, 0.15) is 17.4 Å². The second-order valence-corrected chi connectivity index (χ2v) is 6.71. The lowest BCUT2D eigenvalue weighted by Gasteiger charge is -2.35. The Morgan fingerprint density at radius 3 is 2.61 bits per heavy atom. The summed E-state index contributed by atoms with van der Waals surface area (Å²) in [7, 11) is 1.26. The van der Waals surface area contributed by atoms with Crippen LogP contribution in [0.2, 0.25) is 5.02 Å². The van der Waals surface area contributed by atoms with E-state index in [-0.39, 0.29) is 22.9 Å². The van der Waals surface area contributed by atoms with E-state index in [9.17, 15) is 19.5 Å². The van der Waals surface area contributed by atoms with Gasteiger partial charge in [-0.1, -0.05) is 35.9 Å². The van der Waals surface area contributed by atoms with Crippen LogP contribution in [0.5, 0.6) is 5.75 Å². The fraction of sp³-hybridized carbons (Fsp3) is 0.250. The molecule has 3 rings (SSSR count). The molecule has 0 radical (unpaired) electrons. The van der Waals surface area contributed by atoms with Gasteiger partial charge in [0.2, 0.25) is 0 Å². The fourth-order valence-electron chi connectivity index (χ4n) is 3.09. The van der Waals surface area contributed by atoms with E-state index >= 15 is 0 Å². The van der Waals surface area contributed by atoms with Crippen LogP contribution in [-0.2, 0) is 32.0 Å². The number of aromatic hydroxyl groups is 1. The number of hydrogen-bond donors (Lipinski definition) is 1. The zero-order chi connectivity index (χ0) is 20.3. The minimum Gasteiger partial charge on any atom is -0.507 e. The molecule has 0 unspecified atom stereocenters. The topological polar surface area (TPSA) is 93.1 Å². The average Bonchev–Trinajstić information content (AvgIpc) is 2.71. The number of halogens is 1. The molecule has 1 aliphatic heterocycles. The molecule has 1 amide bonds. The third-order valence-electron chi connectivity index (χ3n) is 4.55. The highest BCUT2D eigenvalue weighted by molar-refractivity contribution is 6.31. The van der Waals surface area contributed by atoms with Gasteiger partial charge in [0.05, 0.1) is 7.11 Å². The number of rotatable bonds is 4. The number of amides is 1. The molecular formula is C20H18ClNO6. The Morgan fingerprint density at radius 1 is 1.18 bits per heavy atom. The molecule has 2 aromatic rings. The quantitative estimate of drug-likeness (QED) is 0.787. The number of fused-ring (bicyclic) bond motifs is 1. The highest BCUT2D eigenvalue weighted by Crippen LogP contribution is 2.25. The molecule has 1 aliphatic rings. The number of carbonyl (C=O) groups is 3. The largest absolute Gasteiger partial charge is 0.507 e. The number of nitrogens with zero attached hydrogens (tertiary/aromatic N) is 1. The molecule has 0 spiro atoms. The first kappa shape index (κ1) is 19.7. The number of phenols is 1. The van der Waals surface area contributed by atoms with Crippen LogP contribution in [0.4, 0.5) is 0 Å². The Morgan fingerprint density at radius 2 is 1.89 bits per heavy atom. The molecule has 1 N–H and O–H groups in total. The highest BCUT2D eigenvalue weighted by Gasteiger charge is 2.35. The minimum atomic E-state index is -0.889. The van der Waals surface area contributed by atoms with Crippen LogP contribution >= 0.6 is 11.6 Å². The smallest absolute Gasteiger partial charge is 0.342 e. The molecule has 1 heterocycles. The number of methoxy groups -OCH3 is 1. The minimum absolute atomic E-state index is 0.145. The fourth-order valence-corrected chi connectivity index (χ4v) is 3.26. The normalized spacial score (nSPS) is 15.5. The van der Waals surface area contributed by atoms with Crippen LogP contribution in [-0.4, -0.2) is 47.6 Å². The van der Waals surface area contributed by atoms with Crippen LogP contribution in [0.3, 0.4) is 0 Å². The third-order valence-corrected chi connectivity index (χ3v) is 4.78. The van der Waals surface area contributed by atoms with E-state index < -0.39 is 30.5 Å². The van der Waals surface area contributed by atoms with E-state index in [4.69, 9.17) is 21.1 Å². The van der Waals surface area contributed by atoms with Crippen LogP contribution in [0, 0.1) is 0 Å². The van der Waals surface area contributed by atoms with E-state index in [1.807, 2.05) is 24.3 Å². The number of ether oxygens (including phenoxy) is 2. The van der Waals surface area contributed by atoms with Crippen molar-refractivity contribution in [3.63, 3.8) is 0 Å². The van der Waals surface area contributed by atoms with Crippen LogP contribution in [0.1, 0.15) is 21.5 Å². The summed E-state index contributed by atoms with van der Waals surface area (Å²) in [6.07, 6.45) is 0.317. The van der Waals surface area contributed by atoms with E-state index in [0.717, 1.165) is 11.1 Å². The Kier molecular flexibility index (Phi) is 5.84. The highest BCUT2D eigenvalue weighted by atomic mass is 35.5. The van der Waals surface area contributed by atoms with Gasteiger partial charge in [-0.2, -0.15) is 0 Å². The third kappa shape index (κ3) is 4.09. The Labute approximate surface area is 166 Å². The number of carbonyl (C=O) groups excluding carboxylic acids is 3. The van der Waals surface area contributed by atoms with Crippen molar-refractivity contribution < 1.29 is 29.0 Å². The van der Waals surface area contributed by atoms with Gasteiger partial charge in [-0.3, -0.25) is 4.79 Å². The Bertz CT molecular complexity index is 929. The summed E-state index contributed by atoms with van der Waals surface area (Å²) in [5.41, 5.74) is 1.73. The second-order valence-electron chi connectivity index (χ2n) is 6.27. The maximum Gasteiger partial charge on any atom is 0.342 e. The first-order chi connectivity index (χ1) is 13.4. The lowest BCUT2D eigenvalue weighted by molar-refractivity contribution is -0.155. The molecule has 2 aromatic carbocycles. The average molecular weight is 404 g/mol. The summed E-state index contributed by atoms with van der Waals surface area (Å²) in [6, 6.07) is 10.6. The molecule has 0 saturated carbocycles. The van der Waals surface area contributed by atoms with Gasteiger partial charge in [0.15, 0.2) is 6.61 Å². The summed E-state index contributed by atoms with van der Waals surface area (Å²) < 4.78 is 9.85. The lowest BCUT2D eigenvalue weighted by Crippen LogP contribution is -2.50.